The van der Waals surface area contributed by atoms with Crippen molar-refractivity contribution in [1.82, 2.24) is 25.1 Å². The van der Waals surface area contributed by atoms with Gasteiger partial charge in [0.15, 0.2) is 11.5 Å². The van der Waals surface area contributed by atoms with Crippen LogP contribution in [0.2, 0.25) is 0 Å². The van der Waals surface area contributed by atoms with Crippen LogP contribution in [-0.2, 0) is 6.42 Å². The standard InChI is InChI=1S/C18H23N5O2/c1-18(2,3)13(9-24)21-17(25)15-12-7-10-6-11(10)16(12)23(22-15)14-8-19-4-5-20-14/h4-5,8,10-11,13,24H,6-7,9H2,1-3H3,(H,21,25)/t10-,11-,13?/m1/s1. The van der Waals surface area contributed by atoms with Gasteiger partial charge in [-0.2, -0.15) is 5.10 Å². The highest BCUT2D eigenvalue weighted by molar-refractivity contribution is 5.94. The van der Waals surface area contributed by atoms with Crippen molar-refractivity contribution >= 4 is 5.91 Å². The third-order valence-electron chi connectivity index (χ3n) is 5.28. The molecule has 0 saturated heterocycles. The summed E-state index contributed by atoms with van der Waals surface area (Å²) >= 11 is 0. The fourth-order valence-corrected chi connectivity index (χ4v) is 3.64. The van der Waals surface area contributed by atoms with Crippen molar-refractivity contribution in [2.45, 2.75) is 45.6 Å². The average Bonchev–Trinajstić information content (AvgIpc) is 3.08. The monoisotopic (exact) mass is 341 g/mol. The molecule has 2 aliphatic carbocycles. The van der Waals surface area contributed by atoms with Crippen LogP contribution >= 0.6 is 0 Å². The average molecular weight is 341 g/mol. The van der Waals surface area contributed by atoms with E-state index in [1.165, 1.54) is 0 Å². The van der Waals surface area contributed by atoms with Crippen molar-refractivity contribution in [2.24, 2.45) is 11.3 Å². The number of nitrogens with zero attached hydrogens (tertiary/aromatic N) is 4. The Balaban J connectivity index is 1.70. The molecule has 1 fully saturated rings. The summed E-state index contributed by atoms with van der Waals surface area (Å²) in [5.41, 5.74) is 2.35. The number of aliphatic hydroxyl groups is 1. The fourth-order valence-electron chi connectivity index (χ4n) is 3.64. The van der Waals surface area contributed by atoms with Crippen LogP contribution in [0.15, 0.2) is 18.6 Å². The number of aromatic nitrogens is 4. The summed E-state index contributed by atoms with van der Waals surface area (Å²) in [6, 6.07) is -0.326. The van der Waals surface area contributed by atoms with E-state index >= 15 is 0 Å². The molecule has 7 nitrogen and oxygen atoms in total. The number of nitrogens with one attached hydrogen (secondary N) is 1. The lowest BCUT2D eigenvalue weighted by molar-refractivity contribution is 0.0841. The number of carbonyl (C=O) groups is 1. The highest BCUT2D eigenvalue weighted by Crippen LogP contribution is 2.57. The van der Waals surface area contributed by atoms with Crippen molar-refractivity contribution in [1.29, 1.82) is 0 Å². The van der Waals surface area contributed by atoms with E-state index in [1.54, 1.807) is 23.3 Å². The maximum Gasteiger partial charge on any atom is 0.272 e. The molecule has 2 heterocycles. The van der Waals surface area contributed by atoms with Crippen LogP contribution in [0.3, 0.4) is 0 Å². The van der Waals surface area contributed by atoms with Gasteiger partial charge in [0.05, 0.1) is 24.5 Å². The molecule has 3 atom stereocenters. The summed E-state index contributed by atoms with van der Waals surface area (Å²) in [6.07, 6.45) is 6.96. The minimum atomic E-state index is -0.326. The SMILES string of the molecule is CC(C)(C)C(CO)NC(=O)c1nn(-c2cnccn2)c2c1C[C@H]1C[C@@H]21. The van der Waals surface area contributed by atoms with Crippen LogP contribution in [0, 0.1) is 11.3 Å². The zero-order valence-corrected chi connectivity index (χ0v) is 14.7. The first-order valence-electron chi connectivity index (χ1n) is 8.70. The smallest absolute Gasteiger partial charge is 0.272 e. The topological polar surface area (TPSA) is 92.9 Å². The van der Waals surface area contributed by atoms with E-state index in [9.17, 15) is 9.90 Å². The Morgan fingerprint density at radius 1 is 1.44 bits per heavy atom. The van der Waals surface area contributed by atoms with E-state index in [1.807, 2.05) is 20.8 Å². The Labute approximate surface area is 146 Å². The molecule has 2 N–H and O–H groups in total. The zero-order valence-electron chi connectivity index (χ0n) is 14.7. The number of hydrogen-bond acceptors (Lipinski definition) is 5. The zero-order chi connectivity index (χ0) is 17.8. The maximum atomic E-state index is 12.9. The Bertz CT molecular complexity index is 809. The van der Waals surface area contributed by atoms with E-state index < -0.39 is 0 Å². The van der Waals surface area contributed by atoms with Crippen molar-refractivity contribution in [3.63, 3.8) is 0 Å². The highest BCUT2D eigenvalue weighted by atomic mass is 16.3. The van der Waals surface area contributed by atoms with Crippen LogP contribution in [0.25, 0.3) is 5.82 Å². The van der Waals surface area contributed by atoms with Crippen molar-refractivity contribution in [3.05, 3.63) is 35.5 Å². The van der Waals surface area contributed by atoms with Gasteiger partial charge in [-0.25, -0.2) is 9.67 Å². The molecule has 0 aliphatic heterocycles. The van der Waals surface area contributed by atoms with Crippen molar-refractivity contribution in [3.8, 4) is 5.82 Å². The summed E-state index contributed by atoms with van der Waals surface area (Å²) in [6.45, 7) is 5.87. The summed E-state index contributed by atoms with van der Waals surface area (Å²) in [5.74, 6) is 1.51. The second-order valence-electron chi connectivity index (χ2n) is 8.07. The lowest BCUT2D eigenvalue weighted by Gasteiger charge is -2.29. The number of rotatable bonds is 4. The molecule has 2 aliphatic rings. The Kier molecular flexibility index (Phi) is 3.64. The van der Waals surface area contributed by atoms with Crippen molar-refractivity contribution in [2.75, 3.05) is 6.61 Å². The Morgan fingerprint density at radius 3 is 2.88 bits per heavy atom. The quantitative estimate of drug-likeness (QED) is 0.878. The van der Waals surface area contributed by atoms with Gasteiger partial charge in [0, 0.05) is 23.9 Å². The first-order valence-corrected chi connectivity index (χ1v) is 8.70. The van der Waals surface area contributed by atoms with Crippen LogP contribution in [0.4, 0.5) is 0 Å². The number of fused-ring (bicyclic) bond motifs is 3. The summed E-state index contributed by atoms with van der Waals surface area (Å²) < 4.78 is 1.78. The highest BCUT2D eigenvalue weighted by Gasteiger charge is 2.50. The lowest BCUT2D eigenvalue weighted by Crippen LogP contribution is -2.46. The molecule has 0 spiro atoms. The summed E-state index contributed by atoms with van der Waals surface area (Å²) in [5, 5.41) is 17.1. The van der Waals surface area contributed by atoms with Crippen LogP contribution in [0.1, 0.15) is 54.9 Å². The first kappa shape index (κ1) is 16.2. The van der Waals surface area contributed by atoms with E-state index in [4.69, 9.17) is 0 Å². The molecule has 2 aromatic heterocycles. The molecule has 0 aromatic carbocycles. The molecule has 7 heteroatoms. The molecular weight excluding hydrogens is 318 g/mol. The molecular formula is C18H23N5O2. The third-order valence-corrected chi connectivity index (χ3v) is 5.28. The minimum Gasteiger partial charge on any atom is -0.394 e. The summed E-state index contributed by atoms with van der Waals surface area (Å²) in [7, 11) is 0. The van der Waals surface area contributed by atoms with E-state index in [-0.39, 0.29) is 24.0 Å². The molecule has 4 rings (SSSR count). The second kappa shape index (κ2) is 5.62. The van der Waals surface area contributed by atoms with Gasteiger partial charge < -0.3 is 10.4 Å². The molecule has 132 valence electrons. The molecule has 0 bridgehead atoms. The number of carbonyl (C=O) groups excluding carboxylic acids is 1. The minimum absolute atomic E-state index is 0.104. The van der Waals surface area contributed by atoms with E-state index in [0.29, 0.717) is 23.3 Å². The first-order chi connectivity index (χ1) is 11.9. The molecule has 1 unspecified atom stereocenters. The van der Waals surface area contributed by atoms with Crippen LogP contribution in [0.5, 0.6) is 0 Å². The number of aliphatic hydroxyl groups excluding tert-OH is 1. The maximum absolute atomic E-state index is 12.9. The molecule has 25 heavy (non-hydrogen) atoms. The predicted molar refractivity (Wildman–Crippen MR) is 91.5 cm³/mol. The number of amides is 1. The second-order valence-corrected chi connectivity index (χ2v) is 8.07. The predicted octanol–water partition coefficient (Wildman–Crippen LogP) is 1.46. The molecule has 2 aromatic rings. The third kappa shape index (κ3) is 2.72. The largest absolute Gasteiger partial charge is 0.394 e. The van der Waals surface area contributed by atoms with E-state index in [2.05, 4.69) is 20.4 Å². The van der Waals surface area contributed by atoms with Crippen LogP contribution < -0.4 is 5.32 Å². The van der Waals surface area contributed by atoms with E-state index in [0.717, 1.165) is 24.1 Å². The van der Waals surface area contributed by atoms with Gasteiger partial charge in [-0.3, -0.25) is 9.78 Å². The fraction of sp³-hybridized carbons (Fsp3) is 0.556. The Hall–Kier alpha value is -2.28. The van der Waals surface area contributed by atoms with Gasteiger partial charge in [0.1, 0.15) is 0 Å². The van der Waals surface area contributed by atoms with Crippen LogP contribution in [-0.4, -0.2) is 43.4 Å². The van der Waals surface area contributed by atoms with Gasteiger partial charge >= 0.3 is 0 Å². The Morgan fingerprint density at radius 2 is 2.24 bits per heavy atom. The summed E-state index contributed by atoms with van der Waals surface area (Å²) in [4.78, 5) is 21.3. The molecule has 1 saturated carbocycles. The number of hydrogen-bond donors (Lipinski definition) is 2. The van der Waals surface area contributed by atoms with Gasteiger partial charge in [0.2, 0.25) is 0 Å². The molecule has 1 amide bonds. The normalized spacial score (nSPS) is 22.2. The van der Waals surface area contributed by atoms with Gasteiger partial charge in [-0.1, -0.05) is 20.8 Å². The van der Waals surface area contributed by atoms with Gasteiger partial charge in [-0.15, -0.1) is 0 Å². The van der Waals surface area contributed by atoms with Gasteiger partial charge in [-0.05, 0) is 24.2 Å². The lowest BCUT2D eigenvalue weighted by atomic mass is 9.87. The molecule has 0 radical (unpaired) electrons. The van der Waals surface area contributed by atoms with Crippen molar-refractivity contribution < 1.29 is 9.90 Å². The van der Waals surface area contributed by atoms with Gasteiger partial charge in [0.25, 0.3) is 5.91 Å².